The van der Waals surface area contributed by atoms with E-state index in [9.17, 15) is 9.59 Å². The lowest BCUT2D eigenvalue weighted by atomic mass is 10.0. The van der Waals surface area contributed by atoms with Crippen LogP contribution in [0.4, 0.5) is 5.69 Å². The lowest BCUT2D eigenvalue weighted by molar-refractivity contribution is -0.121. The molecule has 0 radical (unpaired) electrons. The monoisotopic (exact) mass is 191 g/mol. The van der Waals surface area contributed by atoms with Crippen LogP contribution < -0.4 is 10.1 Å². The Balaban J connectivity index is 2.47. The minimum Gasteiger partial charge on any atom is -0.497 e. The first-order valence-corrected chi connectivity index (χ1v) is 4.20. The molecule has 1 aromatic carbocycles. The van der Waals surface area contributed by atoms with Gasteiger partial charge >= 0.3 is 0 Å². The smallest absolute Gasteiger partial charge is 0.239 e. The number of aldehydes is 1. The number of benzene rings is 1. The second-order valence-electron chi connectivity index (χ2n) is 3.06. The summed E-state index contributed by atoms with van der Waals surface area (Å²) in [6.07, 6.45) is 0.646. The molecule has 0 fully saturated rings. The highest BCUT2D eigenvalue weighted by atomic mass is 16.5. The van der Waals surface area contributed by atoms with Crippen molar-refractivity contribution in [2.75, 3.05) is 12.4 Å². The molecule has 4 nitrogen and oxygen atoms in total. The molecule has 4 heteroatoms. The number of hydrogen-bond acceptors (Lipinski definition) is 3. The Morgan fingerprint density at radius 3 is 2.93 bits per heavy atom. The standard InChI is InChI=1S/C10H9NO3/c1-14-6-2-3-7-8(5-12)10(13)11-9(7)4-6/h2-5,8H,1H3,(H,11,13)/t8-/m0/s1. The maximum Gasteiger partial charge on any atom is 0.239 e. The number of anilines is 1. The molecule has 72 valence electrons. The molecule has 0 unspecified atom stereocenters. The average Bonchev–Trinajstić information content (AvgIpc) is 2.51. The summed E-state index contributed by atoms with van der Waals surface area (Å²) < 4.78 is 5.00. The summed E-state index contributed by atoms with van der Waals surface area (Å²) in [7, 11) is 1.55. The van der Waals surface area contributed by atoms with Gasteiger partial charge in [0.15, 0.2) is 0 Å². The van der Waals surface area contributed by atoms with Gasteiger partial charge in [-0.05, 0) is 11.6 Å². The molecule has 0 aromatic heterocycles. The van der Waals surface area contributed by atoms with Crippen LogP contribution in [0.2, 0.25) is 0 Å². The van der Waals surface area contributed by atoms with Crippen molar-refractivity contribution in [2.45, 2.75) is 5.92 Å². The van der Waals surface area contributed by atoms with Crippen molar-refractivity contribution in [3.05, 3.63) is 23.8 Å². The number of carbonyl (C=O) groups is 2. The van der Waals surface area contributed by atoms with E-state index < -0.39 is 5.92 Å². The van der Waals surface area contributed by atoms with Gasteiger partial charge in [-0.1, -0.05) is 6.07 Å². The van der Waals surface area contributed by atoms with Crippen molar-refractivity contribution in [2.24, 2.45) is 0 Å². The predicted octanol–water partition coefficient (Wildman–Crippen LogP) is 0.930. The van der Waals surface area contributed by atoms with E-state index in [1.807, 2.05) is 0 Å². The third kappa shape index (κ3) is 1.16. The van der Waals surface area contributed by atoms with Gasteiger partial charge in [-0.3, -0.25) is 4.79 Å². The molecule has 1 aliphatic heterocycles. The van der Waals surface area contributed by atoms with Crippen molar-refractivity contribution in [1.82, 2.24) is 0 Å². The number of nitrogens with one attached hydrogen (secondary N) is 1. The maximum atomic E-state index is 11.3. The molecule has 1 aliphatic rings. The molecule has 0 spiro atoms. The number of hydrogen-bond donors (Lipinski definition) is 1. The van der Waals surface area contributed by atoms with Crippen molar-refractivity contribution in [3.8, 4) is 5.75 Å². The number of carbonyl (C=O) groups excluding carboxylic acids is 2. The highest BCUT2D eigenvalue weighted by Crippen LogP contribution is 2.33. The summed E-state index contributed by atoms with van der Waals surface area (Å²) in [5, 5.41) is 2.62. The van der Waals surface area contributed by atoms with Gasteiger partial charge in [0.25, 0.3) is 0 Å². The maximum absolute atomic E-state index is 11.3. The van der Waals surface area contributed by atoms with Gasteiger partial charge in [0.2, 0.25) is 5.91 Å². The molecule has 0 saturated heterocycles. The number of rotatable bonds is 2. The van der Waals surface area contributed by atoms with Crippen LogP contribution in [0.3, 0.4) is 0 Å². The lowest BCUT2D eigenvalue weighted by Gasteiger charge is -2.02. The number of fused-ring (bicyclic) bond motifs is 1. The zero-order valence-corrected chi connectivity index (χ0v) is 7.61. The highest BCUT2D eigenvalue weighted by Gasteiger charge is 2.30. The third-order valence-electron chi connectivity index (χ3n) is 2.27. The van der Waals surface area contributed by atoms with E-state index in [0.717, 1.165) is 0 Å². The zero-order chi connectivity index (χ0) is 10.1. The summed E-state index contributed by atoms with van der Waals surface area (Å²) in [5.74, 6) is -0.283. The Morgan fingerprint density at radius 2 is 2.29 bits per heavy atom. The third-order valence-corrected chi connectivity index (χ3v) is 2.27. The molecular formula is C10H9NO3. The first-order chi connectivity index (χ1) is 6.76. The molecule has 1 heterocycles. The molecule has 14 heavy (non-hydrogen) atoms. The van der Waals surface area contributed by atoms with E-state index >= 15 is 0 Å². The van der Waals surface area contributed by atoms with Gasteiger partial charge in [0.1, 0.15) is 18.0 Å². The van der Waals surface area contributed by atoms with E-state index in [4.69, 9.17) is 4.74 Å². The molecule has 1 aromatic rings. The van der Waals surface area contributed by atoms with Crippen LogP contribution in [0.5, 0.6) is 5.75 Å². The molecule has 1 N–H and O–H groups in total. The Morgan fingerprint density at radius 1 is 1.50 bits per heavy atom. The lowest BCUT2D eigenvalue weighted by Crippen LogP contribution is -2.12. The van der Waals surface area contributed by atoms with Gasteiger partial charge < -0.3 is 14.8 Å². The number of amides is 1. The van der Waals surface area contributed by atoms with Crippen LogP contribution in [0.25, 0.3) is 0 Å². The van der Waals surface area contributed by atoms with Crippen molar-refractivity contribution in [3.63, 3.8) is 0 Å². The SMILES string of the molecule is COc1ccc2c(c1)NC(=O)[C@H]2C=O. The zero-order valence-electron chi connectivity index (χ0n) is 7.61. The van der Waals surface area contributed by atoms with Gasteiger partial charge in [-0.25, -0.2) is 0 Å². The first kappa shape index (κ1) is 8.74. The van der Waals surface area contributed by atoms with E-state index in [-0.39, 0.29) is 5.91 Å². The van der Waals surface area contributed by atoms with Crippen LogP contribution >= 0.6 is 0 Å². The van der Waals surface area contributed by atoms with Crippen molar-refractivity contribution >= 4 is 17.9 Å². The first-order valence-electron chi connectivity index (χ1n) is 4.20. The highest BCUT2D eigenvalue weighted by molar-refractivity contribution is 6.11. The normalized spacial score (nSPS) is 18.6. The second-order valence-corrected chi connectivity index (χ2v) is 3.06. The summed E-state index contributed by atoms with van der Waals surface area (Å²) in [4.78, 5) is 21.9. The molecular weight excluding hydrogens is 182 g/mol. The minimum absolute atomic E-state index is 0.275. The molecule has 1 amide bonds. The van der Waals surface area contributed by atoms with Crippen LogP contribution in [0, 0.1) is 0 Å². The van der Waals surface area contributed by atoms with Crippen LogP contribution in [-0.2, 0) is 9.59 Å². The van der Waals surface area contributed by atoms with Gasteiger partial charge in [0, 0.05) is 11.8 Å². The molecule has 2 rings (SSSR count). The predicted molar refractivity (Wildman–Crippen MR) is 50.4 cm³/mol. The summed E-state index contributed by atoms with van der Waals surface area (Å²) >= 11 is 0. The Kier molecular flexibility index (Phi) is 1.96. The van der Waals surface area contributed by atoms with Crippen molar-refractivity contribution in [1.29, 1.82) is 0 Å². The topological polar surface area (TPSA) is 55.4 Å². The quantitative estimate of drug-likeness (QED) is 0.558. The van der Waals surface area contributed by atoms with E-state index in [1.165, 1.54) is 0 Å². The van der Waals surface area contributed by atoms with Crippen LogP contribution in [0.15, 0.2) is 18.2 Å². The molecule has 0 bridgehead atoms. The molecule has 0 aliphatic carbocycles. The van der Waals surface area contributed by atoms with Crippen LogP contribution in [0.1, 0.15) is 11.5 Å². The van der Waals surface area contributed by atoms with Gasteiger partial charge in [-0.2, -0.15) is 0 Å². The minimum atomic E-state index is -0.670. The summed E-state index contributed by atoms with van der Waals surface area (Å²) in [6.45, 7) is 0. The van der Waals surface area contributed by atoms with Gasteiger partial charge in [0.05, 0.1) is 7.11 Å². The molecule has 1 atom stereocenters. The number of methoxy groups -OCH3 is 1. The van der Waals surface area contributed by atoms with E-state index in [1.54, 1.807) is 25.3 Å². The Labute approximate surface area is 80.9 Å². The van der Waals surface area contributed by atoms with E-state index in [0.29, 0.717) is 23.3 Å². The van der Waals surface area contributed by atoms with Crippen molar-refractivity contribution < 1.29 is 14.3 Å². The Hall–Kier alpha value is -1.84. The second kappa shape index (κ2) is 3.14. The fourth-order valence-corrected chi connectivity index (χ4v) is 1.53. The van der Waals surface area contributed by atoms with Gasteiger partial charge in [-0.15, -0.1) is 0 Å². The fraction of sp³-hybridized carbons (Fsp3) is 0.200. The largest absolute Gasteiger partial charge is 0.497 e. The summed E-state index contributed by atoms with van der Waals surface area (Å²) in [6, 6.07) is 5.16. The fourth-order valence-electron chi connectivity index (χ4n) is 1.53. The van der Waals surface area contributed by atoms with E-state index in [2.05, 4.69) is 5.32 Å². The Bertz CT molecular complexity index is 400. The molecule has 0 saturated carbocycles. The van der Waals surface area contributed by atoms with Crippen LogP contribution in [-0.4, -0.2) is 19.3 Å². The average molecular weight is 191 g/mol. The number of ether oxygens (including phenoxy) is 1. The summed E-state index contributed by atoms with van der Waals surface area (Å²) in [5.41, 5.74) is 1.37.